The number of hydrogen-bond donors (Lipinski definition) is 1. The van der Waals surface area contributed by atoms with Crippen LogP contribution in [0.1, 0.15) is 5.56 Å². The molecule has 2 N–H and O–H groups in total. The molecule has 0 aliphatic rings. The zero-order chi connectivity index (χ0) is 8.27. The summed E-state index contributed by atoms with van der Waals surface area (Å²) in [6, 6.07) is 4.48. The van der Waals surface area contributed by atoms with Gasteiger partial charge in [0.1, 0.15) is 5.82 Å². The standard InChI is InChI=1S/C7H7ClFNO.ClH/c8-7-5(4-11-10)2-1-3-6(7)9;/h1-3H,4,10H2;1H. The summed E-state index contributed by atoms with van der Waals surface area (Å²) in [5.41, 5.74) is 0.550. The van der Waals surface area contributed by atoms with Crippen LogP contribution >= 0.6 is 24.0 Å². The third kappa shape index (κ3) is 2.60. The molecule has 0 aliphatic heterocycles. The molecule has 68 valence electrons. The second-order valence-electron chi connectivity index (χ2n) is 2.02. The summed E-state index contributed by atoms with van der Waals surface area (Å²) in [5.74, 6) is 4.34. The Morgan fingerprint density at radius 3 is 2.75 bits per heavy atom. The first-order chi connectivity index (χ1) is 5.25. The Morgan fingerprint density at radius 2 is 2.17 bits per heavy atom. The summed E-state index contributed by atoms with van der Waals surface area (Å²) in [6.45, 7) is 0.122. The minimum Gasteiger partial charge on any atom is -0.300 e. The van der Waals surface area contributed by atoms with Crippen molar-refractivity contribution in [3.8, 4) is 0 Å². The number of halogens is 3. The first-order valence-electron chi connectivity index (χ1n) is 3.00. The second kappa shape index (κ2) is 5.32. The van der Waals surface area contributed by atoms with Crippen LogP contribution in [0.15, 0.2) is 18.2 Å². The fraction of sp³-hybridized carbons (Fsp3) is 0.143. The van der Waals surface area contributed by atoms with E-state index in [0.29, 0.717) is 5.56 Å². The fourth-order valence-corrected chi connectivity index (χ4v) is 0.930. The normalized spacial score (nSPS) is 9.25. The van der Waals surface area contributed by atoms with Crippen LogP contribution in [-0.2, 0) is 11.4 Å². The molecule has 0 heterocycles. The van der Waals surface area contributed by atoms with E-state index in [0.717, 1.165) is 0 Å². The van der Waals surface area contributed by atoms with Crippen molar-refractivity contribution in [2.75, 3.05) is 0 Å². The SMILES string of the molecule is Cl.NOCc1cccc(F)c1Cl. The largest absolute Gasteiger partial charge is 0.300 e. The molecule has 1 rings (SSSR count). The van der Waals surface area contributed by atoms with Crippen molar-refractivity contribution in [2.24, 2.45) is 5.90 Å². The number of benzene rings is 1. The number of nitrogens with two attached hydrogens (primary N) is 1. The van der Waals surface area contributed by atoms with Gasteiger partial charge in [0, 0.05) is 5.56 Å². The van der Waals surface area contributed by atoms with Crippen LogP contribution in [0.4, 0.5) is 4.39 Å². The molecule has 1 aromatic carbocycles. The van der Waals surface area contributed by atoms with Crippen molar-refractivity contribution in [1.82, 2.24) is 0 Å². The van der Waals surface area contributed by atoms with Crippen molar-refractivity contribution in [3.05, 3.63) is 34.6 Å². The van der Waals surface area contributed by atoms with Crippen LogP contribution in [0.2, 0.25) is 5.02 Å². The summed E-state index contributed by atoms with van der Waals surface area (Å²) in [7, 11) is 0. The average molecular weight is 212 g/mol. The highest BCUT2D eigenvalue weighted by molar-refractivity contribution is 6.31. The Bertz CT molecular complexity index is 257. The van der Waals surface area contributed by atoms with E-state index in [-0.39, 0.29) is 24.0 Å². The summed E-state index contributed by atoms with van der Waals surface area (Å²) in [5, 5.41) is 0.0675. The summed E-state index contributed by atoms with van der Waals surface area (Å²) >= 11 is 5.56. The monoisotopic (exact) mass is 211 g/mol. The summed E-state index contributed by atoms with van der Waals surface area (Å²) in [6.07, 6.45) is 0. The summed E-state index contributed by atoms with van der Waals surface area (Å²) < 4.78 is 12.7. The van der Waals surface area contributed by atoms with E-state index in [9.17, 15) is 4.39 Å². The molecule has 0 atom stereocenters. The lowest BCUT2D eigenvalue weighted by molar-refractivity contribution is 0.124. The molecule has 0 amide bonds. The molecule has 0 saturated heterocycles. The van der Waals surface area contributed by atoms with Gasteiger partial charge in [0.25, 0.3) is 0 Å². The van der Waals surface area contributed by atoms with Crippen molar-refractivity contribution >= 4 is 24.0 Å². The van der Waals surface area contributed by atoms with E-state index >= 15 is 0 Å². The maximum atomic E-state index is 12.7. The molecular formula is C7H8Cl2FNO. The van der Waals surface area contributed by atoms with Crippen LogP contribution in [0.3, 0.4) is 0 Å². The van der Waals surface area contributed by atoms with Crippen molar-refractivity contribution < 1.29 is 9.23 Å². The minimum atomic E-state index is -0.457. The number of rotatable bonds is 2. The molecule has 5 heteroatoms. The lowest BCUT2D eigenvalue weighted by Crippen LogP contribution is -1.99. The molecule has 0 radical (unpaired) electrons. The second-order valence-corrected chi connectivity index (χ2v) is 2.40. The molecule has 0 aliphatic carbocycles. The van der Waals surface area contributed by atoms with Crippen LogP contribution < -0.4 is 5.90 Å². The Labute approximate surface area is 80.8 Å². The van der Waals surface area contributed by atoms with E-state index in [1.54, 1.807) is 12.1 Å². The highest BCUT2D eigenvalue weighted by Crippen LogP contribution is 2.19. The maximum absolute atomic E-state index is 12.7. The van der Waals surface area contributed by atoms with Gasteiger partial charge in [-0.15, -0.1) is 12.4 Å². The van der Waals surface area contributed by atoms with Gasteiger partial charge in [0.2, 0.25) is 0 Å². The van der Waals surface area contributed by atoms with Gasteiger partial charge in [-0.3, -0.25) is 4.84 Å². The molecule has 12 heavy (non-hydrogen) atoms. The number of hydrogen-bond acceptors (Lipinski definition) is 2. The predicted octanol–water partition coefficient (Wildman–Crippen LogP) is 2.29. The predicted molar refractivity (Wildman–Crippen MR) is 47.6 cm³/mol. The third-order valence-corrected chi connectivity index (χ3v) is 1.69. The van der Waals surface area contributed by atoms with Gasteiger partial charge >= 0.3 is 0 Å². The van der Waals surface area contributed by atoms with Gasteiger partial charge < -0.3 is 0 Å². The highest BCUT2D eigenvalue weighted by Gasteiger charge is 2.03. The Balaban J connectivity index is 0.00000121. The lowest BCUT2D eigenvalue weighted by Gasteiger charge is -2.01. The molecule has 0 fully saturated rings. The van der Waals surface area contributed by atoms with Crippen molar-refractivity contribution in [2.45, 2.75) is 6.61 Å². The molecule has 1 aromatic rings. The van der Waals surface area contributed by atoms with Crippen molar-refractivity contribution in [3.63, 3.8) is 0 Å². The first kappa shape index (κ1) is 11.6. The summed E-state index contributed by atoms with van der Waals surface area (Å²) in [4.78, 5) is 4.31. The third-order valence-electron chi connectivity index (χ3n) is 1.27. The van der Waals surface area contributed by atoms with Crippen LogP contribution in [0.25, 0.3) is 0 Å². The van der Waals surface area contributed by atoms with Gasteiger partial charge in [-0.1, -0.05) is 23.7 Å². The van der Waals surface area contributed by atoms with E-state index in [4.69, 9.17) is 17.5 Å². The molecular weight excluding hydrogens is 204 g/mol. The Kier molecular flexibility index (Phi) is 5.17. The molecule has 0 spiro atoms. The Morgan fingerprint density at radius 1 is 1.50 bits per heavy atom. The van der Waals surface area contributed by atoms with E-state index < -0.39 is 5.82 Å². The van der Waals surface area contributed by atoms with Gasteiger partial charge in [-0.25, -0.2) is 10.3 Å². The van der Waals surface area contributed by atoms with E-state index in [2.05, 4.69) is 4.84 Å². The van der Waals surface area contributed by atoms with Gasteiger partial charge in [0.05, 0.1) is 11.6 Å². The van der Waals surface area contributed by atoms with E-state index in [1.165, 1.54) is 6.07 Å². The van der Waals surface area contributed by atoms with Gasteiger partial charge in [0.15, 0.2) is 0 Å². The average Bonchev–Trinajstić information content (AvgIpc) is 1.99. The van der Waals surface area contributed by atoms with Gasteiger partial charge in [-0.2, -0.15) is 0 Å². The molecule has 0 bridgehead atoms. The Hall–Kier alpha value is -0.350. The lowest BCUT2D eigenvalue weighted by atomic mass is 10.2. The minimum absolute atomic E-state index is 0. The van der Waals surface area contributed by atoms with Crippen molar-refractivity contribution in [1.29, 1.82) is 0 Å². The van der Waals surface area contributed by atoms with Crippen LogP contribution in [-0.4, -0.2) is 0 Å². The molecule has 2 nitrogen and oxygen atoms in total. The quantitative estimate of drug-likeness (QED) is 0.763. The van der Waals surface area contributed by atoms with Gasteiger partial charge in [-0.05, 0) is 6.07 Å². The zero-order valence-electron chi connectivity index (χ0n) is 6.09. The molecule has 0 saturated carbocycles. The maximum Gasteiger partial charge on any atom is 0.142 e. The molecule has 0 aromatic heterocycles. The van der Waals surface area contributed by atoms with E-state index in [1.807, 2.05) is 0 Å². The van der Waals surface area contributed by atoms with Crippen LogP contribution in [0, 0.1) is 5.82 Å². The fourth-order valence-electron chi connectivity index (χ4n) is 0.750. The first-order valence-corrected chi connectivity index (χ1v) is 3.38. The van der Waals surface area contributed by atoms with Crippen LogP contribution in [0.5, 0.6) is 0 Å². The smallest absolute Gasteiger partial charge is 0.142 e. The zero-order valence-corrected chi connectivity index (χ0v) is 7.66. The topological polar surface area (TPSA) is 35.2 Å². The molecule has 0 unspecified atom stereocenters. The highest BCUT2D eigenvalue weighted by atomic mass is 35.5.